The second-order valence-corrected chi connectivity index (χ2v) is 5.22. The molecule has 1 amide bonds. The summed E-state index contributed by atoms with van der Waals surface area (Å²) in [6.45, 7) is 1.48. The number of amides is 1. The van der Waals surface area contributed by atoms with Crippen LogP contribution in [0.1, 0.15) is 6.92 Å². The maximum Gasteiger partial charge on any atom is 0.221 e. The maximum atomic E-state index is 11.1. The first-order chi connectivity index (χ1) is 11.2. The highest BCUT2D eigenvalue weighted by atomic mass is 16.1. The molecule has 23 heavy (non-hydrogen) atoms. The lowest BCUT2D eigenvalue weighted by atomic mass is 10.2. The molecule has 0 aliphatic rings. The zero-order valence-electron chi connectivity index (χ0n) is 12.4. The van der Waals surface area contributed by atoms with E-state index in [1.54, 1.807) is 10.8 Å². The average molecular weight is 303 g/mol. The first-order valence-electron chi connectivity index (χ1n) is 7.19. The van der Waals surface area contributed by atoms with Crippen LogP contribution in [0.4, 0.5) is 5.69 Å². The van der Waals surface area contributed by atoms with Gasteiger partial charge in [0.15, 0.2) is 11.5 Å². The first kappa shape index (κ1) is 13.4. The van der Waals surface area contributed by atoms with E-state index < -0.39 is 0 Å². The van der Waals surface area contributed by atoms with Crippen molar-refractivity contribution in [3.05, 3.63) is 54.9 Å². The predicted octanol–water partition coefficient (Wildman–Crippen LogP) is 2.90. The van der Waals surface area contributed by atoms with Gasteiger partial charge in [-0.25, -0.2) is 14.5 Å². The molecule has 4 rings (SSSR count). The fourth-order valence-corrected chi connectivity index (χ4v) is 2.51. The van der Waals surface area contributed by atoms with Gasteiger partial charge in [-0.1, -0.05) is 12.1 Å². The molecule has 112 valence electrons. The number of carbonyl (C=O) groups excluding carboxylic acids is 1. The van der Waals surface area contributed by atoms with E-state index >= 15 is 0 Å². The van der Waals surface area contributed by atoms with Crippen LogP contribution in [0.5, 0.6) is 0 Å². The van der Waals surface area contributed by atoms with Crippen molar-refractivity contribution < 1.29 is 4.79 Å². The Bertz CT molecular complexity index is 1020. The molecule has 0 aliphatic carbocycles. The number of hydrogen-bond acceptors (Lipinski definition) is 4. The highest BCUT2D eigenvalue weighted by Gasteiger charge is 2.09. The Kier molecular flexibility index (Phi) is 3.01. The van der Waals surface area contributed by atoms with Crippen LogP contribution in [0.2, 0.25) is 0 Å². The topological polar surface area (TPSA) is 72.2 Å². The number of anilines is 1. The summed E-state index contributed by atoms with van der Waals surface area (Å²) in [5.74, 6) is 0.527. The van der Waals surface area contributed by atoms with Crippen molar-refractivity contribution >= 4 is 28.1 Å². The molecule has 0 aliphatic heterocycles. The molecule has 0 unspecified atom stereocenters. The standard InChI is InChI=1S/C17H13N5O/c1-11(23)19-13-8-6-12(7-9-13)16-20-17-14-4-2-3-5-15(14)18-10-22(17)21-16/h2-10H,1H3,(H,19,23). The minimum Gasteiger partial charge on any atom is -0.326 e. The summed E-state index contributed by atoms with van der Waals surface area (Å²) in [5, 5.41) is 8.18. The Hall–Kier alpha value is -3.28. The molecule has 0 spiro atoms. The Morgan fingerprint density at radius 3 is 2.65 bits per heavy atom. The lowest BCUT2D eigenvalue weighted by molar-refractivity contribution is -0.114. The SMILES string of the molecule is CC(=O)Nc1ccc(-c2nc3c4ccccc4ncn3n2)cc1. The molecule has 1 N–H and O–H groups in total. The van der Waals surface area contributed by atoms with Crippen molar-refractivity contribution in [1.82, 2.24) is 19.6 Å². The summed E-state index contributed by atoms with van der Waals surface area (Å²) in [5.41, 5.74) is 3.29. The normalized spacial score (nSPS) is 11.0. The van der Waals surface area contributed by atoms with Gasteiger partial charge in [0.1, 0.15) is 6.33 Å². The minimum atomic E-state index is -0.0962. The lowest BCUT2D eigenvalue weighted by Crippen LogP contribution is -2.05. The van der Waals surface area contributed by atoms with Gasteiger partial charge < -0.3 is 5.32 Å². The van der Waals surface area contributed by atoms with Crippen LogP contribution in [0.3, 0.4) is 0 Å². The second-order valence-electron chi connectivity index (χ2n) is 5.22. The summed E-state index contributed by atoms with van der Waals surface area (Å²) < 4.78 is 1.68. The van der Waals surface area contributed by atoms with Crippen molar-refractivity contribution in [2.75, 3.05) is 5.32 Å². The highest BCUT2D eigenvalue weighted by molar-refractivity contribution is 5.91. The van der Waals surface area contributed by atoms with Gasteiger partial charge in [-0.05, 0) is 36.4 Å². The van der Waals surface area contributed by atoms with E-state index in [4.69, 9.17) is 0 Å². The van der Waals surface area contributed by atoms with Gasteiger partial charge in [0.05, 0.1) is 5.52 Å². The van der Waals surface area contributed by atoms with Gasteiger partial charge in [-0.2, -0.15) is 0 Å². The van der Waals surface area contributed by atoms with Crippen molar-refractivity contribution in [2.45, 2.75) is 6.92 Å². The number of benzene rings is 2. The molecular formula is C17H13N5O. The van der Waals surface area contributed by atoms with Gasteiger partial charge in [0.25, 0.3) is 0 Å². The summed E-state index contributed by atoms with van der Waals surface area (Å²) in [4.78, 5) is 20.1. The van der Waals surface area contributed by atoms with Gasteiger partial charge >= 0.3 is 0 Å². The Labute approximate surface area is 131 Å². The van der Waals surface area contributed by atoms with E-state index in [1.807, 2.05) is 48.5 Å². The molecule has 0 saturated carbocycles. The number of aromatic nitrogens is 4. The van der Waals surface area contributed by atoms with Gasteiger partial charge in [-0.3, -0.25) is 4.79 Å². The van der Waals surface area contributed by atoms with Crippen LogP contribution in [0, 0.1) is 0 Å². The second kappa shape index (κ2) is 5.17. The molecule has 0 radical (unpaired) electrons. The molecule has 0 saturated heterocycles. The molecule has 2 aromatic heterocycles. The number of fused-ring (bicyclic) bond motifs is 3. The molecule has 0 fully saturated rings. The molecule has 2 aromatic carbocycles. The van der Waals surface area contributed by atoms with Crippen LogP contribution in [0.25, 0.3) is 27.9 Å². The Morgan fingerprint density at radius 1 is 1.09 bits per heavy atom. The molecule has 0 bridgehead atoms. The van der Waals surface area contributed by atoms with E-state index in [-0.39, 0.29) is 5.91 Å². The van der Waals surface area contributed by atoms with E-state index in [9.17, 15) is 4.79 Å². The van der Waals surface area contributed by atoms with Gasteiger partial charge in [0, 0.05) is 23.6 Å². The Balaban J connectivity index is 1.80. The summed E-state index contributed by atoms with van der Waals surface area (Å²) in [6.07, 6.45) is 1.67. The van der Waals surface area contributed by atoms with Crippen LogP contribution in [-0.4, -0.2) is 25.5 Å². The van der Waals surface area contributed by atoms with E-state index in [0.717, 1.165) is 27.8 Å². The number of nitrogens with one attached hydrogen (secondary N) is 1. The largest absolute Gasteiger partial charge is 0.326 e. The Morgan fingerprint density at radius 2 is 1.87 bits per heavy atom. The number of hydrogen-bond donors (Lipinski definition) is 1. The number of carbonyl (C=O) groups is 1. The fourth-order valence-electron chi connectivity index (χ4n) is 2.51. The van der Waals surface area contributed by atoms with E-state index in [1.165, 1.54) is 6.92 Å². The van der Waals surface area contributed by atoms with Crippen molar-refractivity contribution in [2.24, 2.45) is 0 Å². The zero-order chi connectivity index (χ0) is 15.8. The third-order valence-electron chi connectivity index (χ3n) is 3.55. The summed E-state index contributed by atoms with van der Waals surface area (Å²) in [6, 6.07) is 15.3. The van der Waals surface area contributed by atoms with Crippen LogP contribution in [0.15, 0.2) is 54.9 Å². The third kappa shape index (κ3) is 2.40. The average Bonchev–Trinajstić information content (AvgIpc) is 2.99. The number of nitrogens with zero attached hydrogens (tertiary/aromatic N) is 4. The van der Waals surface area contributed by atoms with Crippen LogP contribution >= 0.6 is 0 Å². The molecule has 2 heterocycles. The van der Waals surface area contributed by atoms with Crippen molar-refractivity contribution in [1.29, 1.82) is 0 Å². The van der Waals surface area contributed by atoms with Crippen LogP contribution in [-0.2, 0) is 4.79 Å². The number of rotatable bonds is 2. The van der Waals surface area contributed by atoms with Crippen molar-refractivity contribution in [3.8, 4) is 11.4 Å². The van der Waals surface area contributed by atoms with E-state index in [2.05, 4.69) is 20.4 Å². The molecule has 6 nitrogen and oxygen atoms in total. The van der Waals surface area contributed by atoms with E-state index in [0.29, 0.717) is 5.82 Å². The summed E-state index contributed by atoms with van der Waals surface area (Å²) >= 11 is 0. The molecule has 4 aromatic rings. The molecule has 6 heteroatoms. The zero-order valence-corrected chi connectivity index (χ0v) is 12.4. The molecular weight excluding hydrogens is 290 g/mol. The predicted molar refractivity (Wildman–Crippen MR) is 88.0 cm³/mol. The summed E-state index contributed by atoms with van der Waals surface area (Å²) in [7, 11) is 0. The highest BCUT2D eigenvalue weighted by Crippen LogP contribution is 2.22. The smallest absolute Gasteiger partial charge is 0.221 e. The van der Waals surface area contributed by atoms with Crippen molar-refractivity contribution in [3.63, 3.8) is 0 Å². The first-order valence-corrected chi connectivity index (χ1v) is 7.19. The fraction of sp³-hybridized carbons (Fsp3) is 0.0588. The minimum absolute atomic E-state index is 0.0962. The quantitative estimate of drug-likeness (QED) is 0.618. The van der Waals surface area contributed by atoms with Crippen LogP contribution < -0.4 is 5.32 Å². The maximum absolute atomic E-state index is 11.1. The lowest BCUT2D eigenvalue weighted by Gasteiger charge is -2.01. The van der Waals surface area contributed by atoms with Gasteiger partial charge in [0.2, 0.25) is 5.91 Å². The third-order valence-corrected chi connectivity index (χ3v) is 3.55. The monoisotopic (exact) mass is 303 g/mol. The molecule has 0 atom stereocenters. The number of para-hydroxylation sites is 1. The van der Waals surface area contributed by atoms with Gasteiger partial charge in [-0.15, -0.1) is 5.10 Å².